The summed E-state index contributed by atoms with van der Waals surface area (Å²) in [5.41, 5.74) is 4.44. The molecule has 8 aromatic carbocycles. The van der Waals surface area contributed by atoms with E-state index in [-0.39, 0.29) is 44.3 Å². The van der Waals surface area contributed by atoms with Crippen LogP contribution in [0.3, 0.4) is 0 Å². The van der Waals surface area contributed by atoms with Gasteiger partial charge in [0.2, 0.25) is 0 Å². The van der Waals surface area contributed by atoms with E-state index >= 15 is 0 Å². The van der Waals surface area contributed by atoms with Crippen LogP contribution < -0.4 is 14.2 Å². The van der Waals surface area contributed by atoms with E-state index in [2.05, 4.69) is 37.1 Å². The van der Waals surface area contributed by atoms with Gasteiger partial charge >= 0.3 is 0 Å². The van der Waals surface area contributed by atoms with Crippen LogP contribution >= 0.6 is 12.0 Å². The minimum absolute atomic E-state index is 0.0661. The highest BCUT2D eigenvalue weighted by atomic mass is 32.2. The average Bonchev–Trinajstić information content (AvgIpc) is 3.38. The molecule has 0 aliphatic carbocycles. The number of carbonyl (C=O) groups is 2. The number of phenolic OH excluding ortho intramolecular Hbond substituents is 1. The van der Waals surface area contributed by atoms with E-state index < -0.39 is 32.8 Å². The highest BCUT2D eigenvalue weighted by molar-refractivity contribution is 7.94. The lowest BCUT2D eigenvalue weighted by atomic mass is 9.78. The van der Waals surface area contributed by atoms with Crippen LogP contribution in [0.1, 0.15) is 87.4 Å². The van der Waals surface area contributed by atoms with Crippen molar-refractivity contribution in [3.63, 3.8) is 0 Å². The maximum absolute atomic E-state index is 13.4. The Balaban J connectivity index is 0.863. The maximum Gasteiger partial charge on any atom is 0.294 e. The lowest BCUT2D eigenvalue weighted by molar-refractivity contribution is -0.432. The molecule has 0 radical (unpaired) electrons. The molecule has 0 saturated carbocycles. The number of aliphatic hydroxyl groups excluding tert-OH is 1. The van der Waals surface area contributed by atoms with Gasteiger partial charge in [-0.2, -0.15) is 8.42 Å². The zero-order chi connectivity index (χ0) is 51.2. The van der Waals surface area contributed by atoms with Crippen LogP contribution in [0.4, 0.5) is 0 Å². The molecule has 0 unspecified atom stereocenters. The van der Waals surface area contributed by atoms with Crippen LogP contribution in [0.2, 0.25) is 0 Å². The Morgan fingerprint density at radius 1 is 0.500 bits per heavy atom. The Hall–Kier alpha value is -7.60. The van der Waals surface area contributed by atoms with Crippen molar-refractivity contribution in [2.75, 3.05) is 0 Å². The van der Waals surface area contributed by atoms with Crippen LogP contribution in [-0.2, 0) is 36.9 Å². The Morgan fingerprint density at radius 3 is 1.28 bits per heavy atom. The molecule has 0 aliphatic heterocycles. The Kier molecular flexibility index (Phi) is 15.1. The van der Waals surface area contributed by atoms with Crippen molar-refractivity contribution in [2.45, 2.75) is 54.9 Å². The Bertz CT molecular complexity index is 3320. The smallest absolute Gasteiger partial charge is 0.294 e. The summed E-state index contributed by atoms with van der Waals surface area (Å²) in [4.78, 5) is 26.5. The second-order valence-corrected chi connectivity index (χ2v) is 19.9. The molecular formula is C57H48O13S2. The van der Waals surface area contributed by atoms with E-state index in [0.717, 1.165) is 28.3 Å². The third-order valence-electron chi connectivity index (χ3n) is 12.4. The fraction of sp³-hybridized carbons (Fsp3) is 0.123. The SMILES string of the molecule is CC(C)(c1ccc(O)cc1)c1ccc(Oc2ccc(C(=O)c3ccc(Oc4ccc(C(C)(C)c5ccc(Oc6ccc(C(=O)c7ccc(CO)c(S(=O)(=O)O)c7)cc6SOOO)cc5)cc4)cc3)cc2)cc1. The molecule has 0 saturated heterocycles. The summed E-state index contributed by atoms with van der Waals surface area (Å²) in [6, 6.07) is 52.2. The van der Waals surface area contributed by atoms with Gasteiger partial charge in [0.25, 0.3) is 10.1 Å². The largest absolute Gasteiger partial charge is 0.508 e. The van der Waals surface area contributed by atoms with Gasteiger partial charge < -0.3 is 24.4 Å². The number of rotatable bonds is 19. The van der Waals surface area contributed by atoms with E-state index in [4.69, 9.17) is 19.5 Å². The quantitative estimate of drug-likeness (QED) is 0.0196. The summed E-state index contributed by atoms with van der Waals surface area (Å²) in [7, 11) is -4.73. The summed E-state index contributed by atoms with van der Waals surface area (Å²) in [6.45, 7) is 7.76. The molecule has 15 heteroatoms. The normalized spacial score (nSPS) is 11.8. The molecule has 366 valence electrons. The van der Waals surface area contributed by atoms with Crippen molar-refractivity contribution < 1.29 is 61.6 Å². The molecule has 4 N–H and O–H groups in total. The first-order valence-electron chi connectivity index (χ1n) is 22.4. The third-order valence-corrected chi connectivity index (χ3v) is 14.0. The maximum atomic E-state index is 13.4. The van der Waals surface area contributed by atoms with E-state index in [0.29, 0.717) is 51.9 Å². The van der Waals surface area contributed by atoms with Gasteiger partial charge in [-0.3, -0.25) is 14.1 Å². The topological polar surface area (TPSA) is 195 Å². The van der Waals surface area contributed by atoms with Gasteiger partial charge in [0, 0.05) is 33.1 Å². The van der Waals surface area contributed by atoms with Crippen molar-refractivity contribution in [3.8, 4) is 40.2 Å². The molecule has 0 aliphatic rings. The fourth-order valence-electron chi connectivity index (χ4n) is 8.03. The van der Waals surface area contributed by atoms with Gasteiger partial charge in [0.1, 0.15) is 45.1 Å². The number of carbonyl (C=O) groups excluding carboxylic acids is 2. The molecule has 0 bridgehead atoms. The molecule has 8 aromatic rings. The molecule has 0 aromatic heterocycles. The molecule has 13 nitrogen and oxygen atoms in total. The molecular weight excluding hydrogens is 957 g/mol. The van der Waals surface area contributed by atoms with Gasteiger partial charge in [-0.15, -0.1) is 4.33 Å². The number of phenols is 1. The minimum Gasteiger partial charge on any atom is -0.508 e. The second kappa shape index (κ2) is 21.4. The molecule has 72 heavy (non-hydrogen) atoms. The number of aromatic hydroxyl groups is 1. The van der Waals surface area contributed by atoms with Crippen LogP contribution in [0.5, 0.6) is 40.2 Å². The third kappa shape index (κ3) is 11.6. The van der Waals surface area contributed by atoms with E-state index in [1.807, 2.05) is 72.8 Å². The average molecular weight is 1010 g/mol. The van der Waals surface area contributed by atoms with Gasteiger partial charge in [-0.1, -0.05) is 93.4 Å². The number of benzene rings is 8. The molecule has 8 rings (SSSR count). The number of hydrogen-bond acceptors (Lipinski definition) is 13. The number of ketones is 2. The van der Waals surface area contributed by atoms with Gasteiger partial charge in [0.15, 0.2) is 11.6 Å². The predicted octanol–water partition coefficient (Wildman–Crippen LogP) is 13.1. The summed E-state index contributed by atoms with van der Waals surface area (Å²) in [5, 5.41) is 31.8. The standard InChI is InChI=1S/C57H48O13S2/c1-56(2,41-12-20-45(59)21-13-41)42-14-26-48(27-15-42)66-46-22-7-36(8-23-46)54(60)37-9-24-47(25-10-37)67-49-28-16-43(17-29-49)57(3,4)44-18-30-50(31-19-44)68-51-32-11-38(33-52(51)71-70-69-62)55(61)39-5-6-40(35-58)53(34-39)72(63,64)65/h5-34,58-59,62H,35H2,1-4H3,(H,63,64,65). The zero-order valence-electron chi connectivity index (χ0n) is 39.3. The van der Waals surface area contributed by atoms with Crippen molar-refractivity contribution in [2.24, 2.45) is 0 Å². The molecule has 0 spiro atoms. The molecule has 0 amide bonds. The first-order chi connectivity index (χ1) is 34.4. The number of aliphatic hydroxyl groups is 1. The van der Waals surface area contributed by atoms with Crippen LogP contribution in [-0.4, -0.2) is 40.0 Å². The first-order valence-corrected chi connectivity index (χ1v) is 24.6. The first kappa shape index (κ1) is 50.8. The van der Waals surface area contributed by atoms with Crippen molar-refractivity contribution in [1.29, 1.82) is 0 Å². The van der Waals surface area contributed by atoms with Crippen molar-refractivity contribution in [1.82, 2.24) is 0 Å². The van der Waals surface area contributed by atoms with Gasteiger partial charge in [-0.25, -0.2) is 5.26 Å². The fourth-order valence-corrected chi connectivity index (χ4v) is 9.24. The summed E-state index contributed by atoms with van der Waals surface area (Å²) >= 11 is 0.565. The predicted molar refractivity (Wildman–Crippen MR) is 271 cm³/mol. The van der Waals surface area contributed by atoms with Crippen LogP contribution in [0.15, 0.2) is 192 Å². The highest BCUT2D eigenvalue weighted by Gasteiger charge is 2.26. The van der Waals surface area contributed by atoms with E-state index in [1.54, 1.807) is 72.8 Å². The van der Waals surface area contributed by atoms with Crippen molar-refractivity contribution in [3.05, 3.63) is 232 Å². The zero-order valence-corrected chi connectivity index (χ0v) is 40.9. The lowest BCUT2D eigenvalue weighted by Gasteiger charge is -2.26. The van der Waals surface area contributed by atoms with Crippen LogP contribution in [0.25, 0.3) is 0 Å². The van der Waals surface area contributed by atoms with Crippen molar-refractivity contribution >= 4 is 33.7 Å². The molecule has 0 atom stereocenters. The summed E-state index contributed by atoms with van der Waals surface area (Å²) < 4.78 is 56.5. The van der Waals surface area contributed by atoms with Crippen LogP contribution in [0, 0.1) is 0 Å². The molecule has 0 fully saturated rings. The van der Waals surface area contributed by atoms with Gasteiger partial charge in [-0.05, 0) is 149 Å². The monoisotopic (exact) mass is 1000 g/mol. The van der Waals surface area contributed by atoms with Gasteiger partial charge in [0.05, 0.1) is 23.5 Å². The Morgan fingerprint density at radius 2 is 0.861 bits per heavy atom. The minimum atomic E-state index is -4.73. The summed E-state index contributed by atoms with van der Waals surface area (Å²) in [6.07, 6.45) is 0. The number of hydrogen-bond donors (Lipinski definition) is 4. The lowest BCUT2D eigenvalue weighted by Crippen LogP contribution is -2.18. The Labute approximate surface area is 420 Å². The molecule has 0 heterocycles. The van der Waals surface area contributed by atoms with E-state index in [1.165, 1.54) is 30.3 Å². The number of ether oxygens (including phenoxy) is 3. The van der Waals surface area contributed by atoms with E-state index in [9.17, 15) is 32.8 Å². The highest BCUT2D eigenvalue weighted by Crippen LogP contribution is 2.39. The summed E-state index contributed by atoms with van der Waals surface area (Å²) in [5.74, 6) is 2.63. The second-order valence-electron chi connectivity index (χ2n) is 17.7.